The van der Waals surface area contributed by atoms with Crippen molar-refractivity contribution in [2.24, 2.45) is 0 Å². The lowest BCUT2D eigenvalue weighted by Crippen LogP contribution is -2.34. The molecule has 1 aliphatic heterocycles. The van der Waals surface area contributed by atoms with Gasteiger partial charge in [0.05, 0.1) is 17.6 Å². The summed E-state index contributed by atoms with van der Waals surface area (Å²) in [5.74, 6) is -2.11. The first-order valence-electron chi connectivity index (χ1n) is 8.27. The molecule has 1 saturated heterocycles. The first-order chi connectivity index (χ1) is 13.9. The minimum atomic E-state index is -0.694. The normalized spacial score (nSPS) is 15.0. The smallest absolute Gasteiger partial charge is 0.343 e. The summed E-state index contributed by atoms with van der Waals surface area (Å²) in [5, 5.41) is -0.559. The summed E-state index contributed by atoms with van der Waals surface area (Å²) >= 11 is 0.717. The molecule has 9 heteroatoms. The number of imide groups is 1. The van der Waals surface area contributed by atoms with Gasteiger partial charge in [-0.25, -0.2) is 9.18 Å². The van der Waals surface area contributed by atoms with E-state index in [1.165, 1.54) is 37.5 Å². The Bertz CT molecular complexity index is 1000. The number of hydrogen-bond donors (Lipinski definition) is 0. The number of esters is 2. The molecule has 0 unspecified atom stereocenters. The second kappa shape index (κ2) is 8.70. The summed E-state index contributed by atoms with van der Waals surface area (Å²) < 4.78 is 22.6. The third kappa shape index (κ3) is 4.88. The third-order valence-corrected chi connectivity index (χ3v) is 4.76. The van der Waals surface area contributed by atoms with E-state index in [4.69, 9.17) is 4.74 Å². The van der Waals surface area contributed by atoms with Gasteiger partial charge in [-0.1, -0.05) is 12.1 Å². The molecule has 29 heavy (non-hydrogen) atoms. The van der Waals surface area contributed by atoms with Gasteiger partial charge in [-0.05, 0) is 59.8 Å². The highest BCUT2D eigenvalue weighted by Gasteiger charge is 2.36. The lowest BCUT2D eigenvalue weighted by atomic mass is 10.2. The first-order valence-corrected chi connectivity index (χ1v) is 9.09. The number of halogens is 1. The molecule has 2 aromatic rings. The van der Waals surface area contributed by atoms with Gasteiger partial charge in [0.15, 0.2) is 0 Å². The predicted octanol–water partition coefficient (Wildman–Crippen LogP) is 3.25. The van der Waals surface area contributed by atoms with Crippen LogP contribution in [0.5, 0.6) is 5.75 Å². The van der Waals surface area contributed by atoms with E-state index in [1.54, 1.807) is 12.1 Å². The molecule has 1 heterocycles. The SMILES string of the molecule is COC(=O)CN1C(=O)S/C(=C\c2ccc(OC(=O)c3ccc(F)cc3)cc2)C1=O. The minimum Gasteiger partial charge on any atom is -0.468 e. The van der Waals surface area contributed by atoms with Gasteiger partial charge in [-0.15, -0.1) is 0 Å². The molecule has 148 valence electrons. The van der Waals surface area contributed by atoms with Crippen LogP contribution in [0.2, 0.25) is 0 Å². The molecular weight excluding hydrogens is 401 g/mol. The van der Waals surface area contributed by atoms with Crippen LogP contribution in [0.4, 0.5) is 9.18 Å². The average Bonchev–Trinajstić information content (AvgIpc) is 2.97. The molecule has 0 bridgehead atoms. The van der Waals surface area contributed by atoms with Crippen LogP contribution < -0.4 is 4.74 Å². The summed E-state index contributed by atoms with van der Waals surface area (Å²) in [5.41, 5.74) is 0.796. The number of benzene rings is 2. The zero-order valence-corrected chi connectivity index (χ0v) is 15.9. The van der Waals surface area contributed by atoms with E-state index < -0.39 is 35.4 Å². The maximum absolute atomic E-state index is 12.9. The lowest BCUT2D eigenvalue weighted by Gasteiger charge is -2.09. The first kappa shape index (κ1) is 20.3. The molecule has 3 rings (SSSR count). The fourth-order valence-corrected chi connectivity index (χ4v) is 3.20. The molecule has 0 N–H and O–H groups in total. The monoisotopic (exact) mass is 415 g/mol. The summed E-state index contributed by atoms with van der Waals surface area (Å²) in [6.07, 6.45) is 1.49. The van der Waals surface area contributed by atoms with Crippen LogP contribution in [0, 0.1) is 5.82 Å². The average molecular weight is 415 g/mol. The highest BCUT2D eigenvalue weighted by Crippen LogP contribution is 2.32. The van der Waals surface area contributed by atoms with Crippen molar-refractivity contribution in [3.63, 3.8) is 0 Å². The van der Waals surface area contributed by atoms with Crippen LogP contribution in [-0.2, 0) is 14.3 Å². The molecule has 7 nitrogen and oxygen atoms in total. The second-order valence-electron chi connectivity index (χ2n) is 5.81. The van der Waals surface area contributed by atoms with Crippen molar-refractivity contribution in [2.45, 2.75) is 0 Å². The Hall–Kier alpha value is -3.46. The van der Waals surface area contributed by atoms with E-state index in [-0.39, 0.29) is 16.2 Å². The maximum Gasteiger partial charge on any atom is 0.343 e. The molecule has 0 aromatic heterocycles. The summed E-state index contributed by atoms with van der Waals surface area (Å²) in [6, 6.07) is 11.2. The van der Waals surface area contributed by atoms with Crippen LogP contribution in [0.15, 0.2) is 53.4 Å². The fraction of sp³-hybridized carbons (Fsp3) is 0.100. The third-order valence-electron chi connectivity index (χ3n) is 3.86. The largest absolute Gasteiger partial charge is 0.468 e. The molecule has 1 aliphatic rings. The Balaban J connectivity index is 1.68. The molecular formula is C20H14FNO6S. The highest BCUT2D eigenvalue weighted by atomic mass is 32.2. The van der Waals surface area contributed by atoms with Gasteiger partial charge >= 0.3 is 11.9 Å². The summed E-state index contributed by atoms with van der Waals surface area (Å²) in [6.45, 7) is -0.448. The maximum atomic E-state index is 12.9. The number of thioether (sulfide) groups is 1. The Morgan fingerprint density at radius 1 is 1.07 bits per heavy atom. The van der Waals surface area contributed by atoms with Crippen LogP contribution in [0.3, 0.4) is 0 Å². The fourth-order valence-electron chi connectivity index (χ4n) is 2.37. The standard InChI is InChI=1S/C20H14FNO6S/c1-27-17(23)11-22-18(24)16(29-20(22)26)10-12-2-8-15(9-3-12)28-19(25)13-4-6-14(21)7-5-13/h2-10H,11H2,1H3/b16-10-. The van der Waals surface area contributed by atoms with Crippen molar-refractivity contribution < 1.29 is 33.0 Å². The van der Waals surface area contributed by atoms with Gasteiger partial charge in [0.25, 0.3) is 11.1 Å². The number of methoxy groups -OCH3 is 1. The van der Waals surface area contributed by atoms with E-state index in [1.807, 2.05) is 0 Å². The van der Waals surface area contributed by atoms with E-state index in [2.05, 4.69) is 4.74 Å². The predicted molar refractivity (Wildman–Crippen MR) is 102 cm³/mol. The molecule has 0 saturated carbocycles. The Morgan fingerprint density at radius 3 is 2.34 bits per heavy atom. The minimum absolute atomic E-state index is 0.162. The number of hydrogen-bond acceptors (Lipinski definition) is 7. The van der Waals surface area contributed by atoms with E-state index in [0.29, 0.717) is 5.56 Å². The van der Waals surface area contributed by atoms with Gasteiger partial charge < -0.3 is 9.47 Å². The second-order valence-corrected chi connectivity index (χ2v) is 6.80. The number of rotatable bonds is 5. The number of amides is 2. The van der Waals surface area contributed by atoms with Crippen molar-refractivity contribution in [1.29, 1.82) is 0 Å². The van der Waals surface area contributed by atoms with Crippen molar-refractivity contribution in [1.82, 2.24) is 4.90 Å². The van der Waals surface area contributed by atoms with Crippen molar-refractivity contribution in [3.8, 4) is 5.75 Å². The van der Waals surface area contributed by atoms with Gasteiger partial charge in [0, 0.05) is 0 Å². The molecule has 1 fully saturated rings. The zero-order chi connectivity index (χ0) is 21.0. The summed E-state index contributed by atoms with van der Waals surface area (Å²) in [4.78, 5) is 48.5. The topological polar surface area (TPSA) is 90.0 Å². The highest BCUT2D eigenvalue weighted by molar-refractivity contribution is 8.18. The molecule has 0 spiro atoms. The number of carbonyl (C=O) groups is 4. The number of nitrogens with zero attached hydrogens (tertiary/aromatic N) is 1. The van der Waals surface area contributed by atoms with Gasteiger partial charge in [0.1, 0.15) is 18.1 Å². The van der Waals surface area contributed by atoms with Crippen molar-refractivity contribution in [3.05, 3.63) is 70.4 Å². The van der Waals surface area contributed by atoms with Gasteiger partial charge in [0.2, 0.25) is 0 Å². The van der Waals surface area contributed by atoms with Crippen molar-refractivity contribution in [2.75, 3.05) is 13.7 Å². The van der Waals surface area contributed by atoms with E-state index in [9.17, 15) is 23.6 Å². The molecule has 2 aromatic carbocycles. The van der Waals surface area contributed by atoms with E-state index >= 15 is 0 Å². The van der Waals surface area contributed by atoms with Crippen molar-refractivity contribution >= 4 is 40.9 Å². The van der Waals surface area contributed by atoms with Crippen LogP contribution in [0.1, 0.15) is 15.9 Å². The summed E-state index contributed by atoms with van der Waals surface area (Å²) in [7, 11) is 1.17. The molecule has 0 radical (unpaired) electrons. The zero-order valence-electron chi connectivity index (χ0n) is 15.1. The quantitative estimate of drug-likeness (QED) is 0.421. The molecule has 0 atom stereocenters. The molecule has 2 amide bonds. The van der Waals surface area contributed by atoms with Crippen LogP contribution >= 0.6 is 11.8 Å². The van der Waals surface area contributed by atoms with Crippen LogP contribution in [-0.4, -0.2) is 41.6 Å². The van der Waals surface area contributed by atoms with Gasteiger partial charge in [-0.3, -0.25) is 19.3 Å². The van der Waals surface area contributed by atoms with Crippen LogP contribution in [0.25, 0.3) is 6.08 Å². The Labute approximate surface area is 169 Å². The molecule has 0 aliphatic carbocycles. The Morgan fingerprint density at radius 2 is 1.72 bits per heavy atom. The van der Waals surface area contributed by atoms with E-state index in [0.717, 1.165) is 28.8 Å². The Kier molecular flexibility index (Phi) is 6.08. The number of carbonyl (C=O) groups excluding carboxylic acids is 4. The van der Waals surface area contributed by atoms with Gasteiger partial charge in [-0.2, -0.15) is 0 Å². The lowest BCUT2D eigenvalue weighted by molar-refractivity contribution is -0.143. The number of ether oxygens (including phenoxy) is 2.